The van der Waals surface area contributed by atoms with Gasteiger partial charge in [0, 0.05) is 19.6 Å². The van der Waals surface area contributed by atoms with Crippen LogP contribution in [-0.2, 0) is 34.0 Å². The summed E-state index contributed by atoms with van der Waals surface area (Å²) in [5.74, 6) is 0. The molecule has 214 valence electrons. The van der Waals surface area contributed by atoms with Gasteiger partial charge in [0.25, 0.3) is 15.3 Å². The molecule has 0 unspecified atom stereocenters. The third-order valence-corrected chi connectivity index (χ3v) is 1.81. The monoisotopic (exact) mass is 614 g/mol. The molecule has 0 heterocycles. The second-order valence-electron chi connectivity index (χ2n) is 4.49. The Morgan fingerprint density at radius 2 is 0.800 bits per heavy atom. The lowest BCUT2D eigenvalue weighted by Gasteiger charge is -2.20. The molecule has 0 aliphatic rings. The summed E-state index contributed by atoms with van der Waals surface area (Å²) in [7, 11) is -13.9. The second-order valence-corrected chi connectivity index (χ2v) is 7.44. The minimum absolute atomic E-state index is 0. The van der Waals surface area contributed by atoms with Crippen molar-refractivity contribution in [2.24, 2.45) is 0 Å². The molecule has 35 heavy (non-hydrogen) atoms. The lowest BCUT2D eigenvalue weighted by atomic mass is 10.4. The van der Waals surface area contributed by atoms with Crippen LogP contribution in [0.1, 0.15) is 0 Å². The van der Waals surface area contributed by atoms with E-state index in [9.17, 15) is 30.3 Å². The van der Waals surface area contributed by atoms with Crippen LogP contribution in [0.3, 0.4) is 0 Å². The van der Waals surface area contributed by atoms with Crippen molar-refractivity contribution in [1.82, 2.24) is 4.90 Å². The zero-order valence-corrected chi connectivity index (χ0v) is 20.0. The minimum atomic E-state index is -4.67. The predicted octanol–water partition coefficient (Wildman–Crippen LogP) is -3.17. The Morgan fingerprint density at radius 1 is 0.657 bits per heavy atom. The molecule has 0 rings (SSSR count). The molecule has 0 bridgehead atoms. The topological polar surface area (TPSA) is 390 Å². The van der Waals surface area contributed by atoms with Crippen LogP contribution in [0, 0.1) is 30.3 Å². The summed E-state index contributed by atoms with van der Waals surface area (Å²) in [5, 5.41) is 26.8. The van der Waals surface area contributed by atoms with E-state index < -0.39 is 41.3 Å². The highest BCUT2D eigenvalue weighted by molar-refractivity contribution is 7.79. The van der Waals surface area contributed by atoms with Crippen molar-refractivity contribution in [2.45, 2.75) is 0 Å². The highest BCUT2D eigenvalue weighted by atomic mass is 35.5. The molecule has 0 saturated heterocycles. The lowest BCUT2D eigenvalue weighted by molar-refractivity contribution is -0.760. The van der Waals surface area contributed by atoms with Crippen molar-refractivity contribution in [3.05, 3.63) is 30.3 Å². The first kappa shape index (κ1) is 43.0. The largest absolute Gasteiger partial charge is 0.466 e. The number of halogens is 1. The average molecular weight is 615 g/mol. The average Bonchev–Trinajstić information content (AvgIpc) is 2.48. The zero-order valence-electron chi connectivity index (χ0n) is 16.6. The van der Waals surface area contributed by atoms with E-state index in [1.807, 2.05) is 0 Å². The van der Waals surface area contributed by atoms with Crippen LogP contribution in [-0.4, -0.2) is 106 Å². The Balaban J connectivity index is -0.000000152. The van der Waals surface area contributed by atoms with Gasteiger partial charge >= 0.3 is 26.0 Å². The maximum atomic E-state index is 9.92. The fourth-order valence-corrected chi connectivity index (χ4v) is 1.07. The van der Waals surface area contributed by atoms with Crippen LogP contribution in [0.2, 0.25) is 0 Å². The van der Waals surface area contributed by atoms with Gasteiger partial charge in [-0.1, -0.05) is 0 Å². The van der Waals surface area contributed by atoms with Gasteiger partial charge < -0.3 is 43.9 Å². The SMILES string of the molecule is Cl.O=P(O)(O)O.O=P(O)(O)O.O=S(=O)(O)O.O=[N+]([O-])OCCN(CCO[N+](=O)[O-])CCO[N+](=O)[O-]. The van der Waals surface area contributed by atoms with Gasteiger partial charge in [-0.2, -0.15) is 8.42 Å². The summed E-state index contributed by atoms with van der Waals surface area (Å²) in [5.41, 5.74) is 0. The molecule has 0 aliphatic heterocycles. The molecule has 0 aliphatic carbocycles. The second kappa shape index (κ2) is 22.4. The normalized spacial score (nSPS) is 10.4. The number of nitrogens with zero attached hydrogens (tertiary/aromatic N) is 4. The van der Waals surface area contributed by atoms with Crippen LogP contribution in [0.15, 0.2) is 0 Å². The summed E-state index contributed by atoms with van der Waals surface area (Å²) >= 11 is 0. The van der Waals surface area contributed by atoms with Gasteiger partial charge in [0.15, 0.2) is 0 Å². The van der Waals surface area contributed by atoms with E-state index in [1.54, 1.807) is 0 Å². The fraction of sp³-hybridized carbons (Fsp3) is 1.00. The van der Waals surface area contributed by atoms with E-state index in [0.29, 0.717) is 0 Å². The lowest BCUT2D eigenvalue weighted by Crippen LogP contribution is -2.35. The van der Waals surface area contributed by atoms with Crippen molar-refractivity contribution in [3.63, 3.8) is 0 Å². The first-order valence-electron chi connectivity index (χ1n) is 7.22. The molecule has 0 radical (unpaired) electrons. The maximum absolute atomic E-state index is 9.92. The third kappa shape index (κ3) is 113. The Kier molecular flexibility index (Phi) is 27.6. The standard InChI is InChI=1S/C6H12N4O9.ClH.2H3O4P.H2O4S/c11-8(12)17-4-1-7(2-5-18-9(13)14)3-6-19-10(15)16;;3*1-5(2,3)4/h1-6H2;1H;2*(H3,1,2,3,4);(H2,1,2,3,4). The highest BCUT2D eigenvalue weighted by Gasteiger charge is 2.08. The van der Waals surface area contributed by atoms with Gasteiger partial charge in [-0.25, -0.2) is 9.13 Å². The molecule has 0 saturated carbocycles. The van der Waals surface area contributed by atoms with Crippen LogP contribution >= 0.6 is 28.1 Å². The van der Waals surface area contributed by atoms with E-state index in [-0.39, 0.29) is 51.9 Å². The fourth-order valence-electron chi connectivity index (χ4n) is 1.07. The Labute approximate surface area is 199 Å². The summed E-state index contributed by atoms with van der Waals surface area (Å²) < 4.78 is 49.3. The van der Waals surface area contributed by atoms with Gasteiger partial charge in [0.2, 0.25) is 0 Å². The Hall–Kier alpha value is -2.06. The molecule has 0 amide bonds. The number of rotatable bonds is 12. The molecule has 0 fully saturated rings. The summed E-state index contributed by atoms with van der Waals surface area (Å²) in [6.07, 6.45) is 0. The van der Waals surface area contributed by atoms with Crippen molar-refractivity contribution in [2.75, 3.05) is 39.5 Å². The first-order valence-corrected chi connectivity index (χ1v) is 11.7. The molecule has 8 N–H and O–H groups in total. The Morgan fingerprint density at radius 3 is 0.914 bits per heavy atom. The smallest absolute Gasteiger partial charge is 0.313 e. The van der Waals surface area contributed by atoms with Gasteiger partial charge in [0.1, 0.15) is 19.8 Å². The molecular weight excluding hydrogens is 594 g/mol. The summed E-state index contributed by atoms with van der Waals surface area (Å²) in [4.78, 5) is 86.5. The number of hydrogen-bond donors (Lipinski definition) is 8. The van der Waals surface area contributed by atoms with E-state index >= 15 is 0 Å². The van der Waals surface area contributed by atoms with Crippen molar-refractivity contribution < 1.29 is 85.8 Å². The highest BCUT2D eigenvalue weighted by Crippen LogP contribution is 2.26. The molecule has 0 aromatic carbocycles. The van der Waals surface area contributed by atoms with Crippen molar-refractivity contribution in [1.29, 1.82) is 0 Å². The van der Waals surface area contributed by atoms with Gasteiger partial charge in [-0.15, -0.1) is 42.7 Å². The zero-order chi connectivity index (χ0) is 28.2. The van der Waals surface area contributed by atoms with Crippen LogP contribution in [0.5, 0.6) is 0 Å². The molecule has 25 nitrogen and oxygen atoms in total. The number of phosphoric acid groups is 2. The third-order valence-electron chi connectivity index (χ3n) is 1.81. The Bertz CT molecular complexity index is 691. The molecule has 0 atom stereocenters. The van der Waals surface area contributed by atoms with E-state index in [0.717, 1.165) is 0 Å². The van der Waals surface area contributed by atoms with Gasteiger partial charge in [-0.05, 0) is 0 Å². The number of hydrogen-bond acceptors (Lipinski definition) is 14. The summed E-state index contributed by atoms with van der Waals surface area (Å²) in [6, 6.07) is 0. The first-order chi connectivity index (χ1) is 14.9. The molecule has 0 aromatic rings. The molecule has 0 aromatic heterocycles. The van der Waals surface area contributed by atoms with Gasteiger partial charge in [0.05, 0.1) is 0 Å². The predicted molar refractivity (Wildman–Crippen MR) is 105 cm³/mol. The molecule has 0 spiro atoms. The van der Waals surface area contributed by atoms with Crippen molar-refractivity contribution >= 4 is 38.5 Å². The van der Waals surface area contributed by atoms with Crippen molar-refractivity contribution in [3.8, 4) is 0 Å². The van der Waals surface area contributed by atoms with E-state index in [2.05, 4.69) is 14.5 Å². The van der Waals surface area contributed by atoms with E-state index in [1.165, 1.54) is 4.90 Å². The quantitative estimate of drug-likeness (QED) is 0.0464. The van der Waals surface area contributed by atoms with Crippen LogP contribution in [0.25, 0.3) is 0 Å². The van der Waals surface area contributed by atoms with E-state index in [4.69, 9.17) is 56.0 Å². The van der Waals surface area contributed by atoms with Crippen LogP contribution in [0.4, 0.5) is 0 Å². The summed E-state index contributed by atoms with van der Waals surface area (Å²) in [6.45, 7) is -0.687. The minimum Gasteiger partial charge on any atom is -0.313 e. The molecular formula is C6H21ClN4O21P2S. The van der Waals surface area contributed by atoms with Gasteiger partial charge in [-0.3, -0.25) is 14.0 Å². The maximum Gasteiger partial charge on any atom is 0.466 e. The molecule has 29 heteroatoms. The van der Waals surface area contributed by atoms with Crippen LogP contribution < -0.4 is 0 Å².